The maximum absolute atomic E-state index is 12.5. The zero-order valence-corrected chi connectivity index (χ0v) is 18.1. The van der Waals surface area contributed by atoms with Gasteiger partial charge in [-0.25, -0.2) is 14.3 Å². The van der Waals surface area contributed by atoms with Crippen LogP contribution in [0, 0.1) is 0 Å². The second-order valence-corrected chi connectivity index (χ2v) is 8.45. The van der Waals surface area contributed by atoms with Crippen LogP contribution < -0.4 is 0 Å². The van der Waals surface area contributed by atoms with Gasteiger partial charge in [0.2, 0.25) is 0 Å². The van der Waals surface area contributed by atoms with E-state index >= 15 is 0 Å². The number of amides is 1. The average Bonchev–Trinajstić information content (AvgIpc) is 3.00. The van der Waals surface area contributed by atoms with Crippen molar-refractivity contribution in [3.05, 3.63) is 45.7 Å². The molecule has 0 saturated heterocycles. The van der Waals surface area contributed by atoms with E-state index in [0.29, 0.717) is 18.5 Å². The Kier molecular flexibility index (Phi) is 5.79. The van der Waals surface area contributed by atoms with Crippen LogP contribution in [-0.4, -0.2) is 45.5 Å². The van der Waals surface area contributed by atoms with Gasteiger partial charge in [-0.3, -0.25) is 0 Å². The van der Waals surface area contributed by atoms with Crippen LogP contribution in [0.25, 0.3) is 5.69 Å². The highest BCUT2D eigenvalue weighted by Crippen LogP contribution is 2.27. The zero-order valence-electron chi connectivity index (χ0n) is 16.5. The lowest BCUT2D eigenvalue weighted by molar-refractivity contribution is 0.0219. The Morgan fingerprint density at radius 3 is 2.50 bits per heavy atom. The Bertz CT molecular complexity index is 884. The van der Waals surface area contributed by atoms with Crippen molar-refractivity contribution >= 4 is 28.0 Å². The fourth-order valence-electron chi connectivity index (χ4n) is 3.06. The number of rotatable bonds is 3. The highest BCUT2D eigenvalue weighted by atomic mass is 79.9. The van der Waals surface area contributed by atoms with Gasteiger partial charge in [-0.15, -0.1) is 0 Å². The molecule has 0 atom stereocenters. The predicted molar refractivity (Wildman–Crippen MR) is 108 cm³/mol. The quantitative estimate of drug-likeness (QED) is 0.659. The Balaban J connectivity index is 1.98. The molecule has 28 heavy (non-hydrogen) atoms. The number of carbonyl (C=O) groups is 2. The monoisotopic (exact) mass is 449 g/mol. The first-order valence-corrected chi connectivity index (χ1v) is 10.0. The Morgan fingerprint density at radius 1 is 1.21 bits per heavy atom. The topological polar surface area (TPSA) is 73.7 Å². The summed E-state index contributed by atoms with van der Waals surface area (Å²) in [5, 5.41) is 4.53. The van der Waals surface area contributed by atoms with Crippen LogP contribution in [0.15, 0.2) is 28.7 Å². The number of fused-ring (bicyclic) bond motifs is 1. The molecule has 3 rings (SSSR count). The molecule has 1 aliphatic heterocycles. The molecule has 0 spiro atoms. The minimum absolute atomic E-state index is 0.244. The summed E-state index contributed by atoms with van der Waals surface area (Å²) < 4.78 is 13.4. The Labute approximate surface area is 172 Å². The molecule has 1 aromatic heterocycles. The fraction of sp³-hybridized carbons (Fsp3) is 0.450. The van der Waals surface area contributed by atoms with E-state index in [1.807, 2.05) is 45.0 Å². The molecule has 0 radical (unpaired) electrons. The van der Waals surface area contributed by atoms with Gasteiger partial charge in [-0.05, 0) is 52.0 Å². The third kappa shape index (κ3) is 4.38. The molecule has 0 N–H and O–H groups in total. The summed E-state index contributed by atoms with van der Waals surface area (Å²) in [5.74, 6) is -0.486. The minimum Gasteiger partial charge on any atom is -0.461 e. The van der Waals surface area contributed by atoms with Crippen molar-refractivity contribution in [2.45, 2.75) is 46.3 Å². The molecule has 2 heterocycles. The molecule has 0 saturated carbocycles. The SMILES string of the molecule is CCOC(=O)c1nn(-c2ccc(Br)cc2)c2c1CN(C(=O)OC(C)(C)C)CC2. The number of ether oxygens (including phenoxy) is 2. The Hall–Kier alpha value is -2.35. The standard InChI is InChI=1S/C20H24BrN3O4/c1-5-27-18(25)17-15-12-23(19(26)28-20(2,3)4)11-10-16(15)24(22-17)14-8-6-13(21)7-9-14/h6-9H,5,10-12H2,1-4H3. The minimum atomic E-state index is -0.580. The number of hydrogen-bond acceptors (Lipinski definition) is 5. The highest BCUT2D eigenvalue weighted by Gasteiger charge is 2.33. The molecular weight excluding hydrogens is 426 g/mol. The number of esters is 1. The maximum atomic E-state index is 12.5. The van der Waals surface area contributed by atoms with Gasteiger partial charge in [-0.1, -0.05) is 15.9 Å². The number of aromatic nitrogens is 2. The predicted octanol–water partition coefficient (Wildman–Crippen LogP) is 4.10. The van der Waals surface area contributed by atoms with E-state index in [1.54, 1.807) is 16.5 Å². The third-order valence-corrected chi connectivity index (χ3v) is 4.78. The van der Waals surface area contributed by atoms with Crippen molar-refractivity contribution in [2.75, 3.05) is 13.2 Å². The van der Waals surface area contributed by atoms with Gasteiger partial charge < -0.3 is 14.4 Å². The number of carbonyl (C=O) groups excluding carboxylic acids is 2. The third-order valence-electron chi connectivity index (χ3n) is 4.25. The summed E-state index contributed by atoms with van der Waals surface area (Å²) in [6.45, 7) is 8.25. The molecule has 150 valence electrons. The van der Waals surface area contributed by atoms with Crippen LogP contribution in [0.1, 0.15) is 49.4 Å². The van der Waals surface area contributed by atoms with Crippen LogP contribution in [0.2, 0.25) is 0 Å². The molecule has 8 heteroatoms. The van der Waals surface area contributed by atoms with Crippen molar-refractivity contribution in [2.24, 2.45) is 0 Å². The summed E-state index contributed by atoms with van der Waals surface area (Å²) in [6, 6.07) is 7.69. The number of halogens is 1. The molecule has 0 fully saturated rings. The molecule has 0 unspecified atom stereocenters. The van der Waals surface area contributed by atoms with Gasteiger partial charge in [0.25, 0.3) is 0 Å². The van der Waals surface area contributed by atoms with Crippen molar-refractivity contribution < 1.29 is 19.1 Å². The van der Waals surface area contributed by atoms with E-state index in [2.05, 4.69) is 21.0 Å². The van der Waals surface area contributed by atoms with Gasteiger partial charge in [0, 0.05) is 23.0 Å². The second-order valence-electron chi connectivity index (χ2n) is 7.53. The summed E-state index contributed by atoms with van der Waals surface area (Å²) in [6.07, 6.45) is 0.168. The second kappa shape index (κ2) is 7.95. The van der Waals surface area contributed by atoms with Crippen LogP contribution in [0.5, 0.6) is 0 Å². The summed E-state index contributed by atoms with van der Waals surface area (Å²) >= 11 is 3.43. The number of hydrogen-bond donors (Lipinski definition) is 0. The van der Waals surface area contributed by atoms with Gasteiger partial charge in [-0.2, -0.15) is 5.10 Å². The van der Waals surface area contributed by atoms with E-state index in [4.69, 9.17) is 9.47 Å². The van der Waals surface area contributed by atoms with Crippen LogP contribution in [0.4, 0.5) is 4.79 Å². The summed E-state index contributed by atoms with van der Waals surface area (Å²) in [5.41, 5.74) is 2.13. The molecule has 2 aromatic rings. The zero-order chi connectivity index (χ0) is 20.5. The highest BCUT2D eigenvalue weighted by molar-refractivity contribution is 9.10. The van der Waals surface area contributed by atoms with Gasteiger partial charge >= 0.3 is 12.1 Å². The van der Waals surface area contributed by atoms with E-state index < -0.39 is 17.7 Å². The molecule has 0 bridgehead atoms. The van der Waals surface area contributed by atoms with Gasteiger partial charge in [0.05, 0.1) is 24.5 Å². The maximum Gasteiger partial charge on any atom is 0.410 e. The first kappa shape index (κ1) is 20.4. The van der Waals surface area contributed by atoms with Crippen LogP contribution in [0.3, 0.4) is 0 Å². The molecule has 1 amide bonds. The lowest BCUT2D eigenvalue weighted by atomic mass is 10.1. The molecular formula is C20H24BrN3O4. The lowest BCUT2D eigenvalue weighted by Crippen LogP contribution is -2.40. The van der Waals surface area contributed by atoms with Crippen molar-refractivity contribution in [1.82, 2.24) is 14.7 Å². The number of benzene rings is 1. The normalized spacial score (nSPS) is 13.8. The van der Waals surface area contributed by atoms with Gasteiger partial charge in [0.1, 0.15) is 5.60 Å². The average molecular weight is 450 g/mol. The Morgan fingerprint density at radius 2 is 1.89 bits per heavy atom. The van der Waals surface area contributed by atoms with Crippen molar-refractivity contribution in [1.29, 1.82) is 0 Å². The van der Waals surface area contributed by atoms with E-state index in [1.165, 1.54) is 0 Å². The fourth-order valence-corrected chi connectivity index (χ4v) is 3.32. The smallest absolute Gasteiger partial charge is 0.410 e. The number of nitrogens with zero attached hydrogens (tertiary/aromatic N) is 3. The lowest BCUT2D eigenvalue weighted by Gasteiger charge is -2.30. The van der Waals surface area contributed by atoms with E-state index in [0.717, 1.165) is 15.9 Å². The van der Waals surface area contributed by atoms with Crippen LogP contribution >= 0.6 is 15.9 Å². The largest absolute Gasteiger partial charge is 0.461 e. The molecule has 7 nitrogen and oxygen atoms in total. The van der Waals surface area contributed by atoms with Crippen molar-refractivity contribution in [3.63, 3.8) is 0 Å². The van der Waals surface area contributed by atoms with Crippen molar-refractivity contribution in [3.8, 4) is 5.69 Å². The van der Waals surface area contributed by atoms with E-state index in [9.17, 15) is 9.59 Å². The first-order valence-electron chi connectivity index (χ1n) is 9.21. The molecule has 1 aliphatic rings. The first-order chi connectivity index (χ1) is 13.2. The summed E-state index contributed by atoms with van der Waals surface area (Å²) in [7, 11) is 0. The van der Waals surface area contributed by atoms with E-state index in [-0.39, 0.29) is 18.8 Å². The molecule has 0 aliphatic carbocycles. The summed E-state index contributed by atoms with van der Waals surface area (Å²) in [4.78, 5) is 26.6. The molecule has 1 aromatic carbocycles. The van der Waals surface area contributed by atoms with Gasteiger partial charge in [0.15, 0.2) is 5.69 Å². The van der Waals surface area contributed by atoms with Crippen LogP contribution in [-0.2, 0) is 22.4 Å².